The Balaban J connectivity index is 1.55. The van der Waals surface area contributed by atoms with Crippen LogP contribution < -0.4 is 0 Å². The van der Waals surface area contributed by atoms with Gasteiger partial charge in [-0.05, 0) is 25.3 Å². The van der Waals surface area contributed by atoms with Crippen LogP contribution in [-0.2, 0) is 16.9 Å². The molecule has 6 heteroatoms. The Morgan fingerprint density at radius 1 is 1.43 bits per heavy atom. The summed E-state index contributed by atoms with van der Waals surface area (Å²) in [7, 11) is 0. The molecule has 0 N–H and O–H groups in total. The van der Waals surface area contributed by atoms with Gasteiger partial charge in [-0.25, -0.2) is 0 Å². The fourth-order valence-electron chi connectivity index (χ4n) is 2.72. The number of benzene rings is 1. The predicted molar refractivity (Wildman–Crippen MR) is 76.8 cm³/mol. The van der Waals surface area contributed by atoms with Gasteiger partial charge in [-0.3, -0.25) is 14.8 Å². The van der Waals surface area contributed by atoms with E-state index in [9.17, 15) is 10.1 Å². The molecule has 1 heterocycles. The summed E-state index contributed by atoms with van der Waals surface area (Å²) in [6.07, 6.45) is 4.60. The number of nitrogens with zero attached hydrogens (tertiary/aromatic N) is 3. The molecule has 1 aromatic carbocycles. The van der Waals surface area contributed by atoms with Gasteiger partial charge in [0.1, 0.15) is 12.4 Å². The van der Waals surface area contributed by atoms with Crippen LogP contribution in [0.15, 0.2) is 42.7 Å². The van der Waals surface area contributed by atoms with Gasteiger partial charge in [0.2, 0.25) is 0 Å². The molecule has 0 radical (unpaired) electrons. The summed E-state index contributed by atoms with van der Waals surface area (Å²) >= 11 is 0. The zero-order valence-electron chi connectivity index (χ0n) is 11.8. The lowest BCUT2D eigenvalue weighted by atomic mass is 9.76. The third kappa shape index (κ3) is 2.80. The van der Waals surface area contributed by atoms with Crippen molar-refractivity contribution in [2.45, 2.75) is 38.0 Å². The lowest BCUT2D eigenvalue weighted by Gasteiger charge is -2.44. The Kier molecular flexibility index (Phi) is 3.47. The molecule has 1 aliphatic carbocycles. The highest BCUT2D eigenvalue weighted by Gasteiger charge is 2.43. The van der Waals surface area contributed by atoms with Gasteiger partial charge >= 0.3 is 5.69 Å². The van der Waals surface area contributed by atoms with Gasteiger partial charge in [0.05, 0.1) is 23.2 Å². The molecule has 0 bridgehead atoms. The molecule has 1 aromatic heterocycles. The van der Waals surface area contributed by atoms with Gasteiger partial charge in [0, 0.05) is 0 Å². The zero-order chi connectivity index (χ0) is 14.9. The molecular weight excluding hydrogens is 270 g/mol. The van der Waals surface area contributed by atoms with Crippen molar-refractivity contribution in [3.8, 4) is 0 Å². The van der Waals surface area contributed by atoms with Crippen molar-refractivity contribution < 1.29 is 9.66 Å². The van der Waals surface area contributed by atoms with Gasteiger partial charge < -0.3 is 4.74 Å². The molecule has 0 unspecified atom stereocenters. The number of aromatic nitrogens is 2. The highest BCUT2D eigenvalue weighted by molar-refractivity contribution is 5.22. The monoisotopic (exact) mass is 287 g/mol. The molecule has 21 heavy (non-hydrogen) atoms. The largest absolute Gasteiger partial charge is 0.373 e. The SMILES string of the molecule is CC1(n2cc([N+](=O)[O-])cn2)CC(OCc2ccccc2)C1. The summed E-state index contributed by atoms with van der Waals surface area (Å²) in [6, 6.07) is 10.0. The van der Waals surface area contributed by atoms with Crippen LogP contribution >= 0.6 is 0 Å². The summed E-state index contributed by atoms with van der Waals surface area (Å²) in [6.45, 7) is 2.65. The Hall–Kier alpha value is -2.21. The zero-order valence-corrected chi connectivity index (χ0v) is 11.8. The molecule has 1 saturated carbocycles. The first kappa shape index (κ1) is 13.8. The van der Waals surface area contributed by atoms with Crippen LogP contribution in [0.3, 0.4) is 0 Å². The number of hydrogen-bond acceptors (Lipinski definition) is 4. The normalized spacial score (nSPS) is 24.5. The molecule has 3 rings (SSSR count). The second-order valence-electron chi connectivity index (χ2n) is 5.72. The maximum absolute atomic E-state index is 10.7. The van der Waals surface area contributed by atoms with E-state index in [1.165, 1.54) is 12.4 Å². The number of nitro groups is 1. The standard InChI is InChI=1S/C15H17N3O3/c1-15(17-10-13(9-16-17)18(19)20)7-14(8-15)21-11-12-5-3-2-4-6-12/h2-6,9-10,14H,7-8,11H2,1H3. The lowest BCUT2D eigenvalue weighted by molar-refractivity contribution is -0.385. The van der Waals surface area contributed by atoms with E-state index in [0.29, 0.717) is 6.61 Å². The van der Waals surface area contributed by atoms with Crippen molar-refractivity contribution in [1.82, 2.24) is 9.78 Å². The Bertz CT molecular complexity index is 633. The minimum Gasteiger partial charge on any atom is -0.373 e. The van der Waals surface area contributed by atoms with E-state index in [1.54, 1.807) is 4.68 Å². The van der Waals surface area contributed by atoms with Gasteiger partial charge in [-0.1, -0.05) is 30.3 Å². The highest BCUT2D eigenvalue weighted by atomic mass is 16.6. The van der Waals surface area contributed by atoms with E-state index in [0.717, 1.165) is 18.4 Å². The summed E-state index contributed by atoms with van der Waals surface area (Å²) in [5, 5.41) is 14.8. The average molecular weight is 287 g/mol. The van der Waals surface area contributed by atoms with Crippen LogP contribution in [0, 0.1) is 10.1 Å². The third-order valence-corrected chi connectivity index (χ3v) is 4.00. The number of hydrogen-bond donors (Lipinski definition) is 0. The first-order chi connectivity index (χ1) is 10.1. The van der Waals surface area contributed by atoms with Gasteiger partial charge in [0.15, 0.2) is 0 Å². The van der Waals surface area contributed by atoms with Crippen LogP contribution in [0.25, 0.3) is 0 Å². The highest BCUT2D eigenvalue weighted by Crippen LogP contribution is 2.41. The summed E-state index contributed by atoms with van der Waals surface area (Å²) in [5.74, 6) is 0. The summed E-state index contributed by atoms with van der Waals surface area (Å²) in [5.41, 5.74) is 1.00. The van der Waals surface area contributed by atoms with Gasteiger partial charge in [0.25, 0.3) is 0 Å². The van der Waals surface area contributed by atoms with E-state index in [4.69, 9.17) is 4.74 Å². The van der Waals surface area contributed by atoms with Crippen LogP contribution in [0.2, 0.25) is 0 Å². The van der Waals surface area contributed by atoms with Crippen molar-refractivity contribution in [2.24, 2.45) is 0 Å². The topological polar surface area (TPSA) is 70.2 Å². The molecule has 110 valence electrons. The van der Waals surface area contributed by atoms with Crippen LogP contribution in [0.4, 0.5) is 5.69 Å². The molecule has 6 nitrogen and oxygen atoms in total. The summed E-state index contributed by atoms with van der Waals surface area (Å²) < 4.78 is 7.55. The second-order valence-corrected chi connectivity index (χ2v) is 5.72. The first-order valence-corrected chi connectivity index (χ1v) is 6.92. The molecular formula is C15H17N3O3. The van der Waals surface area contributed by atoms with Crippen molar-refractivity contribution in [3.63, 3.8) is 0 Å². The maximum Gasteiger partial charge on any atom is 0.307 e. The van der Waals surface area contributed by atoms with E-state index >= 15 is 0 Å². The fraction of sp³-hybridized carbons (Fsp3) is 0.400. The molecule has 1 fully saturated rings. The van der Waals surface area contributed by atoms with E-state index < -0.39 is 4.92 Å². The van der Waals surface area contributed by atoms with Crippen LogP contribution in [-0.4, -0.2) is 20.8 Å². The van der Waals surface area contributed by atoms with Crippen molar-refractivity contribution in [1.29, 1.82) is 0 Å². The Labute approximate surface area is 122 Å². The minimum atomic E-state index is -0.422. The smallest absolute Gasteiger partial charge is 0.307 e. The van der Waals surface area contributed by atoms with E-state index in [2.05, 4.69) is 5.10 Å². The third-order valence-electron chi connectivity index (χ3n) is 4.00. The van der Waals surface area contributed by atoms with Crippen LogP contribution in [0.1, 0.15) is 25.3 Å². The molecule has 1 aliphatic rings. The predicted octanol–water partition coefficient (Wildman–Crippen LogP) is 2.89. The first-order valence-electron chi connectivity index (χ1n) is 6.92. The minimum absolute atomic E-state index is 0.0323. The second kappa shape index (κ2) is 5.29. The Morgan fingerprint density at radius 3 is 2.76 bits per heavy atom. The van der Waals surface area contributed by atoms with Crippen molar-refractivity contribution in [3.05, 3.63) is 58.4 Å². The molecule has 0 spiro atoms. The number of rotatable bonds is 5. The fourth-order valence-corrected chi connectivity index (χ4v) is 2.72. The molecule has 2 aromatic rings. The van der Waals surface area contributed by atoms with E-state index in [1.807, 2.05) is 37.3 Å². The molecule has 0 saturated heterocycles. The van der Waals surface area contributed by atoms with Crippen molar-refractivity contribution in [2.75, 3.05) is 0 Å². The molecule has 0 amide bonds. The summed E-state index contributed by atoms with van der Waals surface area (Å²) in [4.78, 5) is 10.3. The van der Waals surface area contributed by atoms with Gasteiger partial charge in [-0.15, -0.1) is 0 Å². The quantitative estimate of drug-likeness (QED) is 0.626. The lowest BCUT2D eigenvalue weighted by Crippen LogP contribution is -2.48. The molecule has 0 atom stereocenters. The number of ether oxygens (including phenoxy) is 1. The Morgan fingerprint density at radius 2 is 2.14 bits per heavy atom. The van der Waals surface area contributed by atoms with Crippen molar-refractivity contribution >= 4 is 5.69 Å². The maximum atomic E-state index is 10.7. The van der Waals surface area contributed by atoms with E-state index in [-0.39, 0.29) is 17.3 Å². The van der Waals surface area contributed by atoms with Gasteiger partial charge in [-0.2, -0.15) is 5.10 Å². The molecule has 0 aliphatic heterocycles. The van der Waals surface area contributed by atoms with Crippen LogP contribution in [0.5, 0.6) is 0 Å². The average Bonchev–Trinajstić information content (AvgIpc) is 2.94.